The zero-order valence-corrected chi connectivity index (χ0v) is 21.8. The highest BCUT2D eigenvalue weighted by molar-refractivity contribution is 5.97. The zero-order valence-electron chi connectivity index (χ0n) is 21.8. The number of carbonyl (C=O) groups excluding carboxylic acids is 1. The molecular weight excluding hydrogens is 502 g/mol. The lowest BCUT2D eigenvalue weighted by molar-refractivity contribution is -0.117. The Morgan fingerprint density at radius 3 is 2.62 bits per heavy atom. The SMILES string of the molecule is O=C(CC1CCCCC1)Nc1cncc(-c2cc3c(-c4nc5c(-c6ccncc6)cncc5[nH]4)n[nH]c3cn2)c1. The number of imidazole rings is 1. The van der Waals surface area contributed by atoms with Gasteiger partial charge in [0.1, 0.15) is 5.69 Å². The van der Waals surface area contributed by atoms with E-state index in [1.807, 2.05) is 24.3 Å². The Hall–Kier alpha value is -4.99. The number of aromatic nitrogens is 8. The summed E-state index contributed by atoms with van der Waals surface area (Å²) in [6.07, 6.45) is 18.8. The average molecular weight is 530 g/mol. The molecule has 1 fully saturated rings. The average Bonchev–Trinajstić information content (AvgIpc) is 3.62. The van der Waals surface area contributed by atoms with Crippen LogP contribution < -0.4 is 5.32 Å². The molecule has 3 N–H and O–H groups in total. The highest BCUT2D eigenvalue weighted by Crippen LogP contribution is 2.32. The summed E-state index contributed by atoms with van der Waals surface area (Å²) in [5.74, 6) is 1.14. The summed E-state index contributed by atoms with van der Waals surface area (Å²) in [5.41, 5.74) is 7.19. The molecule has 0 bridgehead atoms. The Labute approximate surface area is 229 Å². The largest absolute Gasteiger partial charge is 0.335 e. The molecule has 10 heteroatoms. The molecule has 6 aromatic heterocycles. The lowest BCUT2D eigenvalue weighted by atomic mass is 9.87. The highest BCUT2D eigenvalue weighted by Gasteiger charge is 2.19. The standard InChI is InChI=1S/C30H27N9O/c40-27(10-18-4-2-1-3-5-18)35-21-11-20(13-32-14-21)24-12-22-25(17-34-24)38-39-29(22)30-36-26-16-33-15-23(28(26)37-30)19-6-8-31-9-7-19/h6-9,11-18H,1-5,10H2,(H,35,40)(H,36,37)(H,38,39). The maximum absolute atomic E-state index is 12.7. The first-order valence-electron chi connectivity index (χ1n) is 13.5. The number of hydrogen-bond acceptors (Lipinski definition) is 7. The first kappa shape index (κ1) is 24.1. The molecule has 40 heavy (non-hydrogen) atoms. The maximum Gasteiger partial charge on any atom is 0.224 e. The Kier molecular flexibility index (Phi) is 6.19. The number of hydrogen-bond donors (Lipinski definition) is 3. The van der Waals surface area contributed by atoms with Gasteiger partial charge < -0.3 is 10.3 Å². The number of nitrogens with zero attached hydrogens (tertiary/aromatic N) is 6. The van der Waals surface area contributed by atoms with Gasteiger partial charge in [-0.2, -0.15) is 5.10 Å². The molecule has 1 amide bonds. The number of pyridine rings is 4. The number of H-pyrrole nitrogens is 2. The van der Waals surface area contributed by atoms with Gasteiger partial charge in [-0.15, -0.1) is 0 Å². The van der Waals surface area contributed by atoms with Crippen molar-refractivity contribution in [1.82, 2.24) is 40.1 Å². The van der Waals surface area contributed by atoms with Crippen LogP contribution in [0.2, 0.25) is 0 Å². The van der Waals surface area contributed by atoms with Gasteiger partial charge in [-0.3, -0.25) is 29.8 Å². The third-order valence-electron chi connectivity index (χ3n) is 7.57. The summed E-state index contributed by atoms with van der Waals surface area (Å²) < 4.78 is 0. The second kappa shape index (κ2) is 10.3. The summed E-state index contributed by atoms with van der Waals surface area (Å²) in [6.45, 7) is 0. The fourth-order valence-corrected chi connectivity index (χ4v) is 5.56. The normalized spacial score (nSPS) is 14.1. The molecule has 6 heterocycles. The minimum absolute atomic E-state index is 0.0388. The fraction of sp³-hybridized carbons (Fsp3) is 0.233. The molecule has 0 unspecified atom stereocenters. The van der Waals surface area contributed by atoms with Crippen LogP contribution in [0, 0.1) is 5.92 Å². The summed E-state index contributed by atoms with van der Waals surface area (Å²) in [6, 6.07) is 7.75. The molecule has 0 spiro atoms. The predicted octanol–water partition coefficient (Wildman–Crippen LogP) is 5.93. The van der Waals surface area contributed by atoms with Crippen molar-refractivity contribution in [3.8, 4) is 33.9 Å². The monoisotopic (exact) mass is 529 g/mol. The second-order valence-electron chi connectivity index (χ2n) is 10.3. The molecule has 7 rings (SSSR count). The van der Waals surface area contributed by atoms with Gasteiger partial charge in [-0.05, 0) is 48.6 Å². The van der Waals surface area contributed by atoms with Crippen LogP contribution in [-0.2, 0) is 4.79 Å². The Morgan fingerprint density at radius 1 is 0.900 bits per heavy atom. The van der Waals surface area contributed by atoms with Crippen molar-refractivity contribution >= 4 is 33.5 Å². The fourth-order valence-electron chi connectivity index (χ4n) is 5.56. The van der Waals surface area contributed by atoms with Gasteiger partial charge in [0.2, 0.25) is 5.91 Å². The molecule has 0 radical (unpaired) electrons. The van der Waals surface area contributed by atoms with E-state index >= 15 is 0 Å². The van der Waals surface area contributed by atoms with E-state index in [0.717, 1.165) is 57.2 Å². The van der Waals surface area contributed by atoms with Crippen molar-refractivity contribution in [2.75, 3.05) is 5.32 Å². The number of carbonyl (C=O) groups is 1. The molecule has 0 aliphatic heterocycles. The van der Waals surface area contributed by atoms with Crippen molar-refractivity contribution in [3.05, 3.63) is 67.6 Å². The summed E-state index contributed by atoms with van der Waals surface area (Å²) >= 11 is 0. The number of anilines is 1. The summed E-state index contributed by atoms with van der Waals surface area (Å²) in [5, 5.41) is 11.5. The molecule has 0 aromatic carbocycles. The van der Waals surface area contributed by atoms with Gasteiger partial charge in [-0.25, -0.2) is 4.98 Å². The maximum atomic E-state index is 12.7. The lowest BCUT2D eigenvalue weighted by Gasteiger charge is -2.20. The highest BCUT2D eigenvalue weighted by atomic mass is 16.1. The van der Waals surface area contributed by atoms with Crippen LogP contribution in [0.4, 0.5) is 5.69 Å². The van der Waals surface area contributed by atoms with Crippen molar-refractivity contribution in [1.29, 1.82) is 0 Å². The Morgan fingerprint density at radius 2 is 1.75 bits per heavy atom. The third kappa shape index (κ3) is 4.68. The van der Waals surface area contributed by atoms with Gasteiger partial charge in [0.25, 0.3) is 0 Å². The number of fused-ring (bicyclic) bond motifs is 2. The third-order valence-corrected chi connectivity index (χ3v) is 7.57. The summed E-state index contributed by atoms with van der Waals surface area (Å²) in [7, 11) is 0. The quantitative estimate of drug-likeness (QED) is 0.243. The van der Waals surface area contributed by atoms with Crippen molar-refractivity contribution < 1.29 is 4.79 Å². The van der Waals surface area contributed by atoms with Crippen molar-refractivity contribution in [2.24, 2.45) is 5.92 Å². The smallest absolute Gasteiger partial charge is 0.224 e. The molecule has 1 saturated carbocycles. The minimum atomic E-state index is 0.0388. The summed E-state index contributed by atoms with van der Waals surface area (Å²) in [4.78, 5) is 38.4. The molecule has 0 atom stereocenters. The van der Waals surface area contributed by atoms with E-state index in [4.69, 9.17) is 4.98 Å². The van der Waals surface area contributed by atoms with E-state index in [2.05, 4.69) is 40.4 Å². The number of amides is 1. The number of aromatic amines is 2. The van der Waals surface area contributed by atoms with Crippen LogP contribution >= 0.6 is 0 Å². The van der Waals surface area contributed by atoms with E-state index in [9.17, 15) is 4.79 Å². The number of rotatable bonds is 6. The molecule has 6 aromatic rings. The van der Waals surface area contributed by atoms with Crippen molar-refractivity contribution in [3.63, 3.8) is 0 Å². The Bertz CT molecular complexity index is 1820. The molecule has 1 aliphatic carbocycles. The Balaban J connectivity index is 1.19. The van der Waals surface area contributed by atoms with Crippen LogP contribution in [0.1, 0.15) is 38.5 Å². The molecule has 0 saturated heterocycles. The van der Waals surface area contributed by atoms with Crippen LogP contribution in [-0.4, -0.2) is 46.0 Å². The van der Waals surface area contributed by atoms with Gasteiger partial charge in [0.05, 0.1) is 46.5 Å². The lowest BCUT2D eigenvalue weighted by Crippen LogP contribution is -2.18. The molecular formula is C30H27N9O. The van der Waals surface area contributed by atoms with Crippen molar-refractivity contribution in [2.45, 2.75) is 38.5 Å². The predicted molar refractivity (Wildman–Crippen MR) is 153 cm³/mol. The van der Waals surface area contributed by atoms with E-state index in [0.29, 0.717) is 29.5 Å². The zero-order chi connectivity index (χ0) is 26.9. The molecule has 10 nitrogen and oxygen atoms in total. The van der Waals surface area contributed by atoms with Gasteiger partial charge in [-0.1, -0.05) is 19.3 Å². The molecule has 198 valence electrons. The topological polar surface area (TPSA) is 138 Å². The van der Waals surface area contributed by atoms with Crippen LogP contribution in [0.15, 0.2) is 67.6 Å². The van der Waals surface area contributed by atoms with Gasteiger partial charge in [0.15, 0.2) is 5.82 Å². The first-order valence-corrected chi connectivity index (χ1v) is 13.5. The van der Waals surface area contributed by atoms with E-state index < -0.39 is 0 Å². The van der Waals surface area contributed by atoms with E-state index in [-0.39, 0.29) is 5.91 Å². The second-order valence-corrected chi connectivity index (χ2v) is 10.3. The van der Waals surface area contributed by atoms with Crippen LogP contribution in [0.25, 0.3) is 55.8 Å². The van der Waals surface area contributed by atoms with Gasteiger partial charge in [0, 0.05) is 47.7 Å². The first-order chi connectivity index (χ1) is 19.7. The van der Waals surface area contributed by atoms with Crippen LogP contribution in [0.5, 0.6) is 0 Å². The van der Waals surface area contributed by atoms with Gasteiger partial charge >= 0.3 is 0 Å². The van der Waals surface area contributed by atoms with Crippen LogP contribution in [0.3, 0.4) is 0 Å². The minimum Gasteiger partial charge on any atom is -0.335 e. The van der Waals surface area contributed by atoms with E-state index in [1.165, 1.54) is 19.3 Å². The van der Waals surface area contributed by atoms with E-state index in [1.54, 1.807) is 43.4 Å². The number of nitrogens with one attached hydrogen (secondary N) is 3. The molecule has 1 aliphatic rings.